The number of ether oxygens (including phenoxy) is 1. The van der Waals surface area contributed by atoms with E-state index in [0.29, 0.717) is 5.92 Å². The lowest BCUT2D eigenvalue weighted by molar-refractivity contribution is -0.136. The van der Waals surface area contributed by atoms with Gasteiger partial charge in [0, 0.05) is 6.04 Å². The van der Waals surface area contributed by atoms with E-state index in [2.05, 4.69) is 11.4 Å². The number of nitrogens with zero attached hydrogens (tertiary/aromatic N) is 1. The smallest absolute Gasteiger partial charge is 0.318 e. The number of allylic oxidation sites excluding steroid dienone is 1. The molecule has 6 atom stereocenters. The molecule has 2 N–H and O–H groups in total. The Morgan fingerprint density at radius 3 is 2.73 bits per heavy atom. The van der Waals surface area contributed by atoms with Crippen molar-refractivity contribution in [3.8, 4) is 6.07 Å². The Kier molecular flexibility index (Phi) is 5.76. The third-order valence-corrected chi connectivity index (χ3v) is 6.04. The molecule has 1 aliphatic heterocycles. The van der Waals surface area contributed by atoms with Gasteiger partial charge in [0.05, 0.1) is 23.6 Å². The van der Waals surface area contributed by atoms with Gasteiger partial charge in [0.25, 0.3) is 0 Å². The molecule has 1 saturated heterocycles. The molecule has 2 rings (SSSR count). The minimum atomic E-state index is -0.759. The minimum Gasteiger partial charge on any atom is -0.497 e. The molecule has 0 aromatic rings. The van der Waals surface area contributed by atoms with Crippen molar-refractivity contribution in [1.82, 2.24) is 5.32 Å². The standard InChI is InChI=1S/C16H24N2O3S/c1-9(2)8-21-13-5-4-11(6-12(13)7-17)15-18-10(3)14(22-15)16(19)20/h8,10-15,18H,4-6H2,1-3H3,(H,19,20). The number of hydrogen-bond acceptors (Lipinski definition) is 5. The number of carboxylic acids is 1. The van der Waals surface area contributed by atoms with Crippen LogP contribution in [0.4, 0.5) is 0 Å². The Morgan fingerprint density at radius 1 is 1.45 bits per heavy atom. The van der Waals surface area contributed by atoms with Crippen molar-refractivity contribution in [1.29, 1.82) is 5.26 Å². The summed E-state index contributed by atoms with van der Waals surface area (Å²) < 4.78 is 5.73. The molecule has 2 aliphatic rings. The van der Waals surface area contributed by atoms with Crippen LogP contribution >= 0.6 is 11.8 Å². The zero-order valence-electron chi connectivity index (χ0n) is 13.3. The van der Waals surface area contributed by atoms with Gasteiger partial charge in [-0.2, -0.15) is 5.26 Å². The number of carbonyl (C=O) groups is 1. The highest BCUT2D eigenvalue weighted by Gasteiger charge is 2.43. The van der Waals surface area contributed by atoms with Gasteiger partial charge < -0.3 is 15.2 Å². The summed E-state index contributed by atoms with van der Waals surface area (Å²) in [6, 6.07) is 2.33. The van der Waals surface area contributed by atoms with Crippen LogP contribution in [0.3, 0.4) is 0 Å². The molecule has 1 aliphatic carbocycles. The van der Waals surface area contributed by atoms with E-state index in [1.54, 1.807) is 6.26 Å². The Balaban J connectivity index is 1.95. The van der Waals surface area contributed by atoms with E-state index >= 15 is 0 Å². The molecule has 5 nitrogen and oxygen atoms in total. The zero-order valence-corrected chi connectivity index (χ0v) is 14.1. The molecule has 1 heterocycles. The molecular formula is C16H24N2O3S. The second-order valence-corrected chi connectivity index (χ2v) is 7.74. The topological polar surface area (TPSA) is 82.3 Å². The van der Waals surface area contributed by atoms with Gasteiger partial charge in [0.15, 0.2) is 0 Å². The third kappa shape index (κ3) is 3.96. The van der Waals surface area contributed by atoms with Crippen LogP contribution in [-0.2, 0) is 9.53 Å². The van der Waals surface area contributed by atoms with Gasteiger partial charge in [0.1, 0.15) is 11.4 Å². The van der Waals surface area contributed by atoms with E-state index in [-0.39, 0.29) is 23.4 Å². The third-order valence-electron chi connectivity index (χ3n) is 4.32. The van der Waals surface area contributed by atoms with Crippen LogP contribution in [0.25, 0.3) is 0 Å². The molecule has 0 aromatic heterocycles. The molecule has 0 aromatic carbocycles. The summed E-state index contributed by atoms with van der Waals surface area (Å²) in [6.07, 6.45) is 4.26. The van der Waals surface area contributed by atoms with Gasteiger partial charge in [-0.15, -0.1) is 11.8 Å². The second kappa shape index (κ2) is 7.38. The quantitative estimate of drug-likeness (QED) is 0.774. The Bertz CT molecular complexity index is 484. The summed E-state index contributed by atoms with van der Waals surface area (Å²) in [5, 5.41) is 21.7. The van der Waals surface area contributed by atoms with Crippen LogP contribution in [-0.4, -0.2) is 33.8 Å². The second-order valence-electron chi connectivity index (χ2n) is 6.45. The van der Waals surface area contributed by atoms with Crippen LogP contribution in [0, 0.1) is 23.2 Å². The highest BCUT2D eigenvalue weighted by molar-refractivity contribution is 8.01. The summed E-state index contributed by atoms with van der Waals surface area (Å²) in [4.78, 5) is 11.2. The van der Waals surface area contributed by atoms with Crippen molar-refractivity contribution < 1.29 is 14.6 Å². The fraction of sp³-hybridized carbons (Fsp3) is 0.750. The summed E-state index contributed by atoms with van der Waals surface area (Å²) in [6.45, 7) is 5.86. The average Bonchev–Trinajstić information content (AvgIpc) is 2.87. The van der Waals surface area contributed by atoms with Crippen molar-refractivity contribution in [2.24, 2.45) is 11.8 Å². The fourth-order valence-corrected chi connectivity index (χ4v) is 4.66. The van der Waals surface area contributed by atoms with Crippen LogP contribution < -0.4 is 5.32 Å². The zero-order chi connectivity index (χ0) is 16.3. The Labute approximate surface area is 136 Å². The monoisotopic (exact) mass is 324 g/mol. The average molecular weight is 324 g/mol. The molecule has 22 heavy (non-hydrogen) atoms. The lowest BCUT2D eigenvalue weighted by Crippen LogP contribution is -2.40. The summed E-state index contributed by atoms with van der Waals surface area (Å²) in [5.74, 6) is -0.561. The van der Waals surface area contributed by atoms with E-state index in [1.165, 1.54) is 11.8 Å². The van der Waals surface area contributed by atoms with E-state index in [1.807, 2.05) is 20.8 Å². The maximum Gasteiger partial charge on any atom is 0.318 e. The molecular weight excluding hydrogens is 300 g/mol. The molecule has 6 heteroatoms. The normalized spacial score (nSPS) is 38.1. The van der Waals surface area contributed by atoms with Crippen LogP contribution in [0.2, 0.25) is 0 Å². The van der Waals surface area contributed by atoms with E-state index in [9.17, 15) is 15.2 Å². The van der Waals surface area contributed by atoms with Gasteiger partial charge in [-0.3, -0.25) is 4.79 Å². The maximum absolute atomic E-state index is 11.2. The van der Waals surface area contributed by atoms with Crippen molar-refractivity contribution in [3.63, 3.8) is 0 Å². The van der Waals surface area contributed by atoms with E-state index < -0.39 is 11.2 Å². The molecule has 2 fully saturated rings. The molecule has 0 radical (unpaired) electrons. The first-order chi connectivity index (χ1) is 10.4. The first-order valence-electron chi connectivity index (χ1n) is 7.75. The number of aliphatic carboxylic acids is 1. The maximum atomic E-state index is 11.2. The van der Waals surface area contributed by atoms with Crippen molar-refractivity contribution in [3.05, 3.63) is 11.8 Å². The first kappa shape index (κ1) is 17.2. The fourth-order valence-electron chi connectivity index (χ4n) is 3.15. The molecule has 1 saturated carbocycles. The van der Waals surface area contributed by atoms with Crippen molar-refractivity contribution >= 4 is 17.7 Å². The number of hydrogen-bond donors (Lipinski definition) is 2. The van der Waals surface area contributed by atoms with Crippen LogP contribution in [0.15, 0.2) is 11.8 Å². The number of thioether (sulfide) groups is 1. The van der Waals surface area contributed by atoms with Gasteiger partial charge in [0.2, 0.25) is 0 Å². The highest BCUT2D eigenvalue weighted by Crippen LogP contribution is 2.40. The van der Waals surface area contributed by atoms with Crippen molar-refractivity contribution in [2.45, 2.75) is 62.8 Å². The Morgan fingerprint density at radius 2 is 2.18 bits per heavy atom. The minimum absolute atomic E-state index is 0.0346. The molecule has 6 unspecified atom stereocenters. The Hall–Kier alpha value is -1.19. The van der Waals surface area contributed by atoms with Crippen molar-refractivity contribution in [2.75, 3.05) is 0 Å². The number of nitrogens with one attached hydrogen (secondary N) is 1. The van der Waals surface area contributed by atoms with E-state index in [0.717, 1.165) is 24.8 Å². The first-order valence-corrected chi connectivity index (χ1v) is 8.69. The van der Waals surface area contributed by atoms with Crippen LogP contribution in [0.1, 0.15) is 40.0 Å². The van der Waals surface area contributed by atoms with Gasteiger partial charge in [-0.05, 0) is 51.5 Å². The lowest BCUT2D eigenvalue weighted by Gasteiger charge is -2.34. The predicted molar refractivity (Wildman–Crippen MR) is 86.1 cm³/mol. The molecule has 0 spiro atoms. The number of nitriles is 1. The summed E-state index contributed by atoms with van der Waals surface area (Å²) in [5.41, 5.74) is 1.09. The largest absolute Gasteiger partial charge is 0.497 e. The van der Waals surface area contributed by atoms with Crippen LogP contribution in [0.5, 0.6) is 0 Å². The summed E-state index contributed by atoms with van der Waals surface area (Å²) in [7, 11) is 0. The SMILES string of the molecule is CC(C)=COC1CCC(C2NC(C)C(C(=O)O)S2)CC1C#N. The van der Waals surface area contributed by atoms with E-state index in [4.69, 9.17) is 4.74 Å². The van der Waals surface area contributed by atoms with Gasteiger partial charge in [-0.1, -0.05) is 0 Å². The lowest BCUT2D eigenvalue weighted by atomic mass is 9.79. The predicted octanol–water partition coefficient (Wildman–Crippen LogP) is 2.74. The number of carboxylic acid groups (broad SMARTS) is 1. The molecule has 122 valence electrons. The molecule has 0 bridgehead atoms. The molecule has 0 amide bonds. The highest BCUT2D eigenvalue weighted by atomic mass is 32.2. The summed E-state index contributed by atoms with van der Waals surface area (Å²) >= 11 is 1.49. The number of rotatable bonds is 4. The van der Waals surface area contributed by atoms with Gasteiger partial charge >= 0.3 is 5.97 Å². The van der Waals surface area contributed by atoms with Gasteiger partial charge in [-0.25, -0.2) is 0 Å².